The summed E-state index contributed by atoms with van der Waals surface area (Å²) in [6.07, 6.45) is 3.94. The van der Waals surface area contributed by atoms with Crippen LogP contribution >= 0.6 is 22.7 Å². The van der Waals surface area contributed by atoms with Gasteiger partial charge in [-0.15, -0.1) is 22.7 Å². The van der Waals surface area contributed by atoms with Gasteiger partial charge in [-0.25, -0.2) is 24.5 Å². The summed E-state index contributed by atoms with van der Waals surface area (Å²) >= 11 is 2.33. The van der Waals surface area contributed by atoms with E-state index in [1.165, 1.54) is 17.5 Å². The van der Waals surface area contributed by atoms with Crippen LogP contribution in [0.2, 0.25) is 0 Å². The van der Waals surface area contributed by atoms with E-state index in [2.05, 4.69) is 30.9 Å². The van der Waals surface area contributed by atoms with Crippen LogP contribution in [0, 0.1) is 0 Å². The van der Waals surface area contributed by atoms with E-state index in [4.69, 9.17) is 0 Å². The number of anilines is 1. The lowest BCUT2D eigenvalue weighted by Crippen LogP contribution is -2.28. The van der Waals surface area contributed by atoms with E-state index in [0.29, 0.717) is 40.0 Å². The second kappa shape index (κ2) is 11.7. The van der Waals surface area contributed by atoms with Crippen molar-refractivity contribution in [1.29, 1.82) is 0 Å². The summed E-state index contributed by atoms with van der Waals surface area (Å²) < 4.78 is 0. The molecule has 3 aromatic rings. The first-order valence-corrected chi connectivity index (χ1v) is 12.6. The Hall–Kier alpha value is -3.38. The van der Waals surface area contributed by atoms with Gasteiger partial charge in [-0.3, -0.25) is 10.1 Å². The molecule has 0 spiro atoms. The molecular weight excluding hydrogens is 476 g/mol. The van der Waals surface area contributed by atoms with Gasteiger partial charge < -0.3 is 15.7 Å². The van der Waals surface area contributed by atoms with E-state index >= 15 is 0 Å². The van der Waals surface area contributed by atoms with E-state index in [0.717, 1.165) is 36.3 Å². The molecule has 0 bridgehead atoms. The van der Waals surface area contributed by atoms with Crippen molar-refractivity contribution in [2.45, 2.75) is 40.0 Å². The molecule has 0 aliphatic rings. The summed E-state index contributed by atoms with van der Waals surface area (Å²) in [5.74, 6) is -1.44. The number of hydrogen-bond donors (Lipinski definition) is 4. The maximum Gasteiger partial charge on any atom is 0.348 e. The minimum Gasteiger partial charge on any atom is -0.477 e. The van der Waals surface area contributed by atoms with Crippen LogP contribution < -0.4 is 16.0 Å². The molecule has 3 aromatic heterocycles. The van der Waals surface area contributed by atoms with Crippen LogP contribution in [0.4, 0.5) is 10.6 Å². The first-order chi connectivity index (χ1) is 16.4. The first-order valence-electron chi connectivity index (χ1n) is 10.9. The van der Waals surface area contributed by atoms with E-state index in [1.807, 2.05) is 26.2 Å². The minimum absolute atomic E-state index is 0.132. The summed E-state index contributed by atoms with van der Waals surface area (Å²) in [5.41, 5.74) is 1.93. The molecule has 0 aromatic carbocycles. The molecule has 4 N–H and O–H groups in total. The SMILES string of the molecule is CCCCNC(=O)c1nc(-c2cnc(NC(=O)NCC)cc2-c2nc(CC)cs2)sc1C(=O)O. The molecule has 0 aliphatic heterocycles. The fourth-order valence-corrected chi connectivity index (χ4v) is 4.84. The van der Waals surface area contributed by atoms with Crippen molar-refractivity contribution < 1.29 is 19.5 Å². The summed E-state index contributed by atoms with van der Waals surface area (Å²) in [7, 11) is 0. The van der Waals surface area contributed by atoms with E-state index in [9.17, 15) is 19.5 Å². The number of aromatic nitrogens is 3. The molecule has 34 heavy (non-hydrogen) atoms. The van der Waals surface area contributed by atoms with Gasteiger partial charge >= 0.3 is 12.0 Å². The van der Waals surface area contributed by atoms with Gasteiger partial charge in [-0.1, -0.05) is 20.3 Å². The van der Waals surface area contributed by atoms with Gasteiger partial charge in [0.15, 0.2) is 5.69 Å². The summed E-state index contributed by atoms with van der Waals surface area (Å²) in [6.45, 7) is 6.70. The fourth-order valence-electron chi connectivity index (χ4n) is 2.98. The molecule has 0 radical (unpaired) electrons. The highest BCUT2D eigenvalue weighted by atomic mass is 32.1. The Labute approximate surface area is 204 Å². The van der Waals surface area contributed by atoms with E-state index in [-0.39, 0.29) is 10.6 Å². The molecule has 0 atom stereocenters. The number of hydrogen-bond acceptors (Lipinski definition) is 8. The molecule has 0 aliphatic carbocycles. The van der Waals surface area contributed by atoms with Crippen molar-refractivity contribution in [2.75, 3.05) is 18.4 Å². The molecule has 180 valence electrons. The minimum atomic E-state index is -1.23. The largest absolute Gasteiger partial charge is 0.477 e. The number of rotatable bonds is 10. The molecule has 3 heterocycles. The average molecular weight is 503 g/mol. The van der Waals surface area contributed by atoms with Gasteiger partial charge in [0.1, 0.15) is 20.7 Å². The highest BCUT2D eigenvalue weighted by molar-refractivity contribution is 7.17. The number of carboxylic acid groups (broad SMARTS) is 1. The van der Waals surface area contributed by atoms with Crippen LogP contribution in [0.15, 0.2) is 17.6 Å². The second-order valence-corrected chi connectivity index (χ2v) is 9.07. The number of carbonyl (C=O) groups excluding carboxylic acids is 2. The molecule has 0 fully saturated rings. The van der Waals surface area contributed by atoms with Crippen LogP contribution in [-0.4, -0.2) is 51.1 Å². The zero-order chi connectivity index (χ0) is 24.7. The number of carboxylic acids is 1. The van der Waals surface area contributed by atoms with E-state index in [1.54, 1.807) is 6.07 Å². The Bertz CT molecular complexity index is 1190. The van der Waals surface area contributed by atoms with Crippen LogP contribution in [0.3, 0.4) is 0 Å². The number of nitrogens with one attached hydrogen (secondary N) is 3. The van der Waals surface area contributed by atoms with Crippen molar-refractivity contribution in [3.8, 4) is 21.1 Å². The Balaban J connectivity index is 2.07. The van der Waals surface area contributed by atoms with Gasteiger partial charge in [-0.2, -0.15) is 0 Å². The lowest BCUT2D eigenvalue weighted by Gasteiger charge is -2.09. The second-order valence-electron chi connectivity index (χ2n) is 7.21. The zero-order valence-electron chi connectivity index (χ0n) is 19.1. The smallest absolute Gasteiger partial charge is 0.348 e. The van der Waals surface area contributed by atoms with Crippen molar-refractivity contribution in [3.63, 3.8) is 0 Å². The molecule has 10 nitrogen and oxygen atoms in total. The van der Waals surface area contributed by atoms with Gasteiger partial charge in [-0.05, 0) is 25.8 Å². The zero-order valence-corrected chi connectivity index (χ0v) is 20.7. The molecule has 0 unspecified atom stereocenters. The summed E-state index contributed by atoms with van der Waals surface area (Å²) in [6, 6.07) is 1.28. The molecular formula is C22H26N6O4S2. The molecule has 3 rings (SSSR count). The number of aryl methyl sites for hydroxylation is 1. The van der Waals surface area contributed by atoms with Gasteiger partial charge in [0.25, 0.3) is 5.91 Å². The molecule has 0 saturated heterocycles. The lowest BCUT2D eigenvalue weighted by atomic mass is 10.1. The number of aromatic carboxylic acids is 1. The van der Waals surface area contributed by atoms with Gasteiger partial charge in [0.05, 0.1) is 5.69 Å². The predicted molar refractivity (Wildman–Crippen MR) is 133 cm³/mol. The normalized spacial score (nSPS) is 10.7. The maximum absolute atomic E-state index is 12.6. The van der Waals surface area contributed by atoms with Crippen molar-refractivity contribution in [3.05, 3.63) is 33.9 Å². The van der Waals surface area contributed by atoms with Gasteiger partial charge in [0.2, 0.25) is 0 Å². The monoisotopic (exact) mass is 502 g/mol. The van der Waals surface area contributed by atoms with Crippen molar-refractivity contribution in [1.82, 2.24) is 25.6 Å². The Kier molecular flexibility index (Phi) is 8.66. The summed E-state index contributed by atoms with van der Waals surface area (Å²) in [5, 5.41) is 20.7. The standard InChI is InChI=1S/C22H26N6O4S2/c1-4-7-8-24-18(29)16-17(21(30)31)34-20(28-16)14-10-25-15(27-22(32)23-6-3)9-13(14)19-26-12(5-2)11-33-19/h9-11H,4-8H2,1-3H3,(H,24,29)(H,30,31)(H2,23,25,27,32). The fraction of sp³-hybridized carbons (Fsp3) is 0.364. The number of thiazole rings is 2. The summed E-state index contributed by atoms with van der Waals surface area (Å²) in [4.78, 5) is 49.6. The van der Waals surface area contributed by atoms with Crippen LogP contribution in [0.1, 0.15) is 59.5 Å². The van der Waals surface area contributed by atoms with Crippen LogP contribution in [-0.2, 0) is 6.42 Å². The number of nitrogens with zero attached hydrogens (tertiary/aromatic N) is 3. The Morgan fingerprint density at radius 2 is 1.85 bits per heavy atom. The van der Waals surface area contributed by atoms with Crippen molar-refractivity contribution >= 4 is 46.4 Å². The number of amides is 3. The quantitative estimate of drug-likeness (QED) is 0.303. The first kappa shape index (κ1) is 25.2. The van der Waals surface area contributed by atoms with E-state index < -0.39 is 17.9 Å². The number of unbranched alkanes of at least 4 members (excludes halogenated alkanes) is 1. The maximum atomic E-state index is 12.6. The third kappa shape index (κ3) is 5.94. The number of pyridine rings is 1. The Morgan fingerprint density at radius 3 is 2.50 bits per heavy atom. The lowest BCUT2D eigenvalue weighted by molar-refractivity contribution is 0.0696. The average Bonchev–Trinajstić information content (AvgIpc) is 3.47. The molecule has 12 heteroatoms. The van der Waals surface area contributed by atoms with Gasteiger partial charge in [0, 0.05) is 35.8 Å². The molecule has 0 saturated carbocycles. The third-order valence-electron chi connectivity index (χ3n) is 4.71. The van der Waals surface area contributed by atoms with Crippen molar-refractivity contribution in [2.24, 2.45) is 0 Å². The van der Waals surface area contributed by atoms with Crippen LogP contribution in [0.25, 0.3) is 21.1 Å². The third-order valence-corrected chi connectivity index (χ3v) is 6.71. The highest BCUT2D eigenvalue weighted by Gasteiger charge is 2.25. The van der Waals surface area contributed by atoms with Crippen LogP contribution in [0.5, 0.6) is 0 Å². The number of urea groups is 1. The number of carbonyl (C=O) groups is 3. The molecule has 3 amide bonds. The Morgan fingerprint density at radius 1 is 1.06 bits per heavy atom. The highest BCUT2D eigenvalue weighted by Crippen LogP contribution is 2.38. The predicted octanol–water partition coefficient (Wildman–Crippen LogP) is 4.26. The topological polar surface area (TPSA) is 146 Å².